The second-order valence-corrected chi connectivity index (χ2v) is 6.42. The number of ketones is 1. The zero-order valence-corrected chi connectivity index (χ0v) is 16.6. The van der Waals surface area contributed by atoms with E-state index in [1.807, 2.05) is 6.92 Å². The minimum atomic E-state index is -0.664. The van der Waals surface area contributed by atoms with Crippen LogP contribution in [0.25, 0.3) is 0 Å². The van der Waals surface area contributed by atoms with E-state index in [-0.39, 0.29) is 17.1 Å². The monoisotopic (exact) mass is 407 g/mol. The molecule has 0 fully saturated rings. The van der Waals surface area contributed by atoms with Crippen LogP contribution in [0, 0.1) is 6.92 Å². The van der Waals surface area contributed by atoms with Gasteiger partial charge in [-0.15, -0.1) is 0 Å². The number of ether oxygens (including phenoxy) is 2. The number of carbonyl (C=O) groups excluding carboxylic acids is 3. The number of rotatable bonds is 8. The van der Waals surface area contributed by atoms with E-state index >= 15 is 0 Å². The van der Waals surface area contributed by atoms with Crippen LogP contribution in [0.4, 0.5) is 5.69 Å². The summed E-state index contributed by atoms with van der Waals surface area (Å²) in [6.45, 7) is 3.81. The van der Waals surface area contributed by atoms with E-state index in [2.05, 4.69) is 5.32 Å². The summed E-state index contributed by atoms with van der Waals surface area (Å²) in [7, 11) is 0. The first-order chi connectivity index (χ1) is 14.5. The fourth-order valence-corrected chi connectivity index (χ4v) is 2.68. The highest BCUT2D eigenvalue weighted by Crippen LogP contribution is 2.19. The first-order valence-electron chi connectivity index (χ1n) is 9.36. The van der Waals surface area contributed by atoms with Crippen molar-refractivity contribution >= 4 is 23.3 Å². The molecule has 0 saturated carbocycles. The summed E-state index contributed by atoms with van der Waals surface area (Å²) in [4.78, 5) is 36.8. The summed E-state index contributed by atoms with van der Waals surface area (Å²) in [5, 5.41) is 2.69. The molecule has 0 bridgehead atoms. The average Bonchev–Trinajstić information content (AvgIpc) is 3.29. The molecule has 0 aliphatic heterocycles. The third kappa shape index (κ3) is 5.14. The van der Waals surface area contributed by atoms with Gasteiger partial charge in [-0.2, -0.15) is 0 Å². The Balaban J connectivity index is 1.62. The Morgan fingerprint density at radius 1 is 1.00 bits per heavy atom. The lowest BCUT2D eigenvalue weighted by Gasteiger charge is -2.10. The number of hydrogen-bond acceptors (Lipinski definition) is 6. The van der Waals surface area contributed by atoms with E-state index in [9.17, 15) is 14.4 Å². The molecule has 0 saturated heterocycles. The molecule has 2 aromatic carbocycles. The van der Waals surface area contributed by atoms with Gasteiger partial charge in [0.05, 0.1) is 18.4 Å². The van der Waals surface area contributed by atoms with Gasteiger partial charge in [0.25, 0.3) is 5.91 Å². The number of benzene rings is 2. The van der Waals surface area contributed by atoms with Gasteiger partial charge in [-0.3, -0.25) is 9.59 Å². The summed E-state index contributed by atoms with van der Waals surface area (Å²) in [6, 6.07) is 14.5. The lowest BCUT2D eigenvalue weighted by molar-refractivity contribution is 0.0474. The number of anilines is 1. The van der Waals surface area contributed by atoms with Gasteiger partial charge in [-0.25, -0.2) is 4.79 Å². The van der Waals surface area contributed by atoms with Gasteiger partial charge < -0.3 is 19.2 Å². The molecule has 1 heterocycles. The normalized spacial score (nSPS) is 10.3. The molecule has 1 amide bonds. The molecule has 3 aromatic rings. The number of esters is 1. The highest BCUT2D eigenvalue weighted by Gasteiger charge is 2.15. The number of amides is 1. The number of aryl methyl sites for hydroxylation is 1. The van der Waals surface area contributed by atoms with Crippen LogP contribution in [-0.4, -0.2) is 30.9 Å². The van der Waals surface area contributed by atoms with Crippen molar-refractivity contribution in [2.45, 2.75) is 13.8 Å². The molecule has 3 rings (SSSR count). The van der Waals surface area contributed by atoms with Crippen molar-refractivity contribution in [3.05, 3.63) is 83.3 Å². The standard InChI is InChI=1S/C23H21NO6/c1-3-28-18-10-8-16(9-11-18)20(25)14-30-23(27)17-7-6-15(2)19(13-17)24-22(26)21-5-4-12-29-21/h4-13H,3,14H2,1-2H3,(H,24,26). The van der Waals surface area contributed by atoms with Crippen LogP contribution < -0.4 is 10.1 Å². The van der Waals surface area contributed by atoms with Crippen molar-refractivity contribution in [2.75, 3.05) is 18.5 Å². The van der Waals surface area contributed by atoms with Crippen LogP contribution >= 0.6 is 0 Å². The quantitative estimate of drug-likeness (QED) is 0.442. The second-order valence-electron chi connectivity index (χ2n) is 6.42. The maximum Gasteiger partial charge on any atom is 0.338 e. The Morgan fingerprint density at radius 2 is 1.73 bits per heavy atom. The van der Waals surface area contributed by atoms with Gasteiger partial charge in [0.1, 0.15) is 5.75 Å². The molecule has 0 aliphatic carbocycles. The Morgan fingerprint density at radius 3 is 2.40 bits per heavy atom. The van der Waals surface area contributed by atoms with Crippen LogP contribution in [0.2, 0.25) is 0 Å². The number of furan rings is 1. The minimum Gasteiger partial charge on any atom is -0.494 e. The molecule has 154 valence electrons. The van der Waals surface area contributed by atoms with E-state index < -0.39 is 18.5 Å². The third-order valence-electron chi connectivity index (χ3n) is 4.29. The van der Waals surface area contributed by atoms with E-state index in [0.717, 1.165) is 5.56 Å². The van der Waals surface area contributed by atoms with Gasteiger partial charge in [0.15, 0.2) is 18.2 Å². The van der Waals surface area contributed by atoms with E-state index in [1.54, 1.807) is 49.4 Å². The number of carbonyl (C=O) groups is 3. The van der Waals surface area contributed by atoms with Crippen molar-refractivity contribution in [1.82, 2.24) is 0 Å². The minimum absolute atomic E-state index is 0.156. The molecule has 30 heavy (non-hydrogen) atoms. The fraction of sp³-hybridized carbons (Fsp3) is 0.174. The molecule has 7 nitrogen and oxygen atoms in total. The topological polar surface area (TPSA) is 94.8 Å². The van der Waals surface area contributed by atoms with Crippen molar-refractivity contribution in [3.63, 3.8) is 0 Å². The van der Waals surface area contributed by atoms with Crippen LogP contribution in [0.3, 0.4) is 0 Å². The summed E-state index contributed by atoms with van der Waals surface area (Å²) >= 11 is 0. The molecule has 0 radical (unpaired) electrons. The van der Waals surface area contributed by atoms with Crippen LogP contribution in [0.1, 0.15) is 43.8 Å². The molecule has 0 atom stereocenters. The zero-order chi connectivity index (χ0) is 21.5. The number of Topliss-reactive ketones (excluding diaryl/α,β-unsaturated/α-hetero) is 1. The molecule has 1 N–H and O–H groups in total. The maximum absolute atomic E-state index is 12.4. The Bertz CT molecular complexity index is 1040. The summed E-state index contributed by atoms with van der Waals surface area (Å²) < 4.78 is 15.5. The fourth-order valence-electron chi connectivity index (χ4n) is 2.68. The third-order valence-corrected chi connectivity index (χ3v) is 4.29. The van der Waals surface area contributed by atoms with Crippen molar-refractivity contribution < 1.29 is 28.3 Å². The lowest BCUT2D eigenvalue weighted by Crippen LogP contribution is -2.16. The molecular formula is C23H21NO6. The second kappa shape index (κ2) is 9.56. The molecule has 7 heteroatoms. The SMILES string of the molecule is CCOc1ccc(C(=O)COC(=O)c2ccc(C)c(NC(=O)c3ccco3)c2)cc1. The molecule has 1 aromatic heterocycles. The Hall–Kier alpha value is -3.87. The number of hydrogen-bond donors (Lipinski definition) is 1. The molecule has 0 spiro atoms. The summed E-state index contributed by atoms with van der Waals surface area (Å²) in [5.74, 6) is -0.606. The van der Waals surface area contributed by atoms with Gasteiger partial charge in [0.2, 0.25) is 0 Å². The summed E-state index contributed by atoms with van der Waals surface area (Å²) in [6.07, 6.45) is 1.40. The maximum atomic E-state index is 12.4. The van der Waals surface area contributed by atoms with Crippen LogP contribution in [0.5, 0.6) is 5.75 Å². The lowest BCUT2D eigenvalue weighted by atomic mass is 10.1. The predicted molar refractivity (Wildman–Crippen MR) is 110 cm³/mol. The molecule has 0 aliphatic rings. The van der Waals surface area contributed by atoms with Crippen LogP contribution in [-0.2, 0) is 4.74 Å². The van der Waals surface area contributed by atoms with Crippen LogP contribution in [0.15, 0.2) is 65.3 Å². The summed E-state index contributed by atoms with van der Waals surface area (Å²) in [5.41, 5.74) is 1.84. The Labute approximate surface area is 173 Å². The van der Waals surface area contributed by atoms with Crippen molar-refractivity contribution in [1.29, 1.82) is 0 Å². The highest BCUT2D eigenvalue weighted by atomic mass is 16.5. The van der Waals surface area contributed by atoms with Crippen molar-refractivity contribution in [2.24, 2.45) is 0 Å². The van der Waals surface area contributed by atoms with Gasteiger partial charge in [-0.1, -0.05) is 6.07 Å². The largest absolute Gasteiger partial charge is 0.494 e. The first-order valence-corrected chi connectivity index (χ1v) is 9.36. The Kier molecular flexibility index (Phi) is 6.64. The van der Waals surface area contributed by atoms with Gasteiger partial charge in [0, 0.05) is 11.3 Å². The number of nitrogens with one attached hydrogen (secondary N) is 1. The molecular weight excluding hydrogens is 386 g/mol. The van der Waals surface area contributed by atoms with Gasteiger partial charge in [-0.05, 0) is 67.9 Å². The van der Waals surface area contributed by atoms with E-state index in [0.29, 0.717) is 23.6 Å². The average molecular weight is 407 g/mol. The molecule has 0 unspecified atom stereocenters. The predicted octanol–water partition coefficient (Wildman–Crippen LogP) is 4.28. The van der Waals surface area contributed by atoms with Gasteiger partial charge >= 0.3 is 5.97 Å². The first kappa shape index (κ1) is 20.9. The van der Waals surface area contributed by atoms with Crippen molar-refractivity contribution in [3.8, 4) is 5.75 Å². The smallest absolute Gasteiger partial charge is 0.338 e. The zero-order valence-electron chi connectivity index (χ0n) is 16.6. The highest BCUT2D eigenvalue weighted by molar-refractivity contribution is 6.04. The van der Waals surface area contributed by atoms with E-state index in [4.69, 9.17) is 13.9 Å². The van der Waals surface area contributed by atoms with E-state index in [1.165, 1.54) is 18.4 Å².